The molecule has 3 aromatic rings. The van der Waals surface area contributed by atoms with Crippen molar-refractivity contribution in [2.75, 3.05) is 33.4 Å². The minimum absolute atomic E-state index is 0.169. The third-order valence-corrected chi connectivity index (χ3v) is 8.64. The third kappa shape index (κ3) is 8.38. The summed E-state index contributed by atoms with van der Waals surface area (Å²) in [5.74, 6) is -0.0746. The number of ether oxygens (including phenoxy) is 2. The number of halogens is 3. The summed E-state index contributed by atoms with van der Waals surface area (Å²) in [5.41, 5.74) is 2.23. The van der Waals surface area contributed by atoms with Gasteiger partial charge in [-0.3, -0.25) is 9.59 Å². The molecule has 0 aliphatic carbocycles. The Kier molecular flexibility index (Phi) is 11.3. The molecular weight excluding hydrogens is 615 g/mol. The maximum Gasteiger partial charge on any atom is 0.416 e. The monoisotopic (exact) mass is 655 g/mol. The number of unbranched alkanes of at least 4 members (excludes halogenated alkanes) is 1. The van der Waals surface area contributed by atoms with E-state index in [0.29, 0.717) is 68.3 Å². The Balaban J connectivity index is 1.06. The van der Waals surface area contributed by atoms with Crippen LogP contribution < -0.4 is 15.4 Å². The molecule has 3 heterocycles. The zero-order chi connectivity index (χ0) is 33.4. The second-order valence-corrected chi connectivity index (χ2v) is 11.8. The van der Waals surface area contributed by atoms with Crippen LogP contribution in [0.3, 0.4) is 0 Å². The first kappa shape index (κ1) is 34.1. The van der Waals surface area contributed by atoms with Crippen molar-refractivity contribution in [3.8, 4) is 11.4 Å². The molecule has 0 saturated carbocycles. The molecule has 13 heteroatoms. The summed E-state index contributed by atoms with van der Waals surface area (Å²) < 4.78 is 54.6. The van der Waals surface area contributed by atoms with Crippen molar-refractivity contribution in [2.24, 2.45) is 0 Å². The fourth-order valence-electron chi connectivity index (χ4n) is 6.15. The van der Waals surface area contributed by atoms with Gasteiger partial charge in [0.05, 0.1) is 24.1 Å². The van der Waals surface area contributed by atoms with Crippen molar-refractivity contribution in [2.45, 2.75) is 69.8 Å². The van der Waals surface area contributed by atoms with Crippen LogP contribution in [0.15, 0.2) is 48.8 Å². The maximum absolute atomic E-state index is 14.0. The number of benzene rings is 2. The van der Waals surface area contributed by atoms with Crippen molar-refractivity contribution in [1.29, 1.82) is 0 Å². The van der Waals surface area contributed by atoms with E-state index in [2.05, 4.69) is 15.7 Å². The molecular formula is C34H40F3N5O5. The highest BCUT2D eigenvalue weighted by Gasteiger charge is 2.37. The van der Waals surface area contributed by atoms with Crippen LogP contribution in [0, 0.1) is 0 Å². The summed E-state index contributed by atoms with van der Waals surface area (Å²) in [6.45, 7) is 2.92. The van der Waals surface area contributed by atoms with E-state index in [9.17, 15) is 27.6 Å². The van der Waals surface area contributed by atoms with Gasteiger partial charge in [-0.15, -0.1) is 0 Å². The number of aromatic nitrogens is 2. The molecule has 10 nitrogen and oxygen atoms in total. The summed E-state index contributed by atoms with van der Waals surface area (Å²) >= 11 is 0. The standard InChI is InChI=1S/C34H40F3N5O5/c1-38-32(44)31(5-4-13-43)41-22-25-17-27(7-9-29(25)33(41)45)47-14-3-2-12-39-19-23-20-40-42(21-23)26-6-8-28(24-10-15-46-16-11-24)30(18-26)34(35,36)37/h6-9,13,17-18,20-21,24,31,39H,2-5,10-12,14-16,19,22H2,1H3,(H,38,44). The molecule has 2 aliphatic heterocycles. The zero-order valence-corrected chi connectivity index (χ0v) is 26.4. The Morgan fingerprint density at radius 2 is 1.98 bits per heavy atom. The number of amides is 2. The lowest BCUT2D eigenvalue weighted by atomic mass is 9.88. The maximum atomic E-state index is 14.0. The topological polar surface area (TPSA) is 115 Å². The second-order valence-electron chi connectivity index (χ2n) is 11.8. The number of nitrogens with zero attached hydrogens (tertiary/aromatic N) is 3. The van der Waals surface area contributed by atoms with Gasteiger partial charge in [-0.05, 0) is 86.0 Å². The number of hydrogen-bond acceptors (Lipinski definition) is 7. The summed E-state index contributed by atoms with van der Waals surface area (Å²) in [4.78, 5) is 37.7. The van der Waals surface area contributed by atoms with Crippen LogP contribution in [-0.2, 0) is 33.6 Å². The Morgan fingerprint density at radius 3 is 2.72 bits per heavy atom. The van der Waals surface area contributed by atoms with E-state index in [-0.39, 0.29) is 37.1 Å². The molecule has 1 aromatic heterocycles. The molecule has 0 spiro atoms. The van der Waals surface area contributed by atoms with Crippen molar-refractivity contribution >= 4 is 18.1 Å². The molecule has 5 rings (SSSR count). The van der Waals surface area contributed by atoms with E-state index in [0.717, 1.165) is 30.3 Å². The number of fused-ring (bicyclic) bond motifs is 1. The molecule has 2 aliphatic rings. The minimum Gasteiger partial charge on any atom is -0.494 e. The van der Waals surface area contributed by atoms with E-state index in [1.807, 2.05) is 6.07 Å². The molecule has 0 radical (unpaired) electrons. The predicted octanol–water partition coefficient (Wildman–Crippen LogP) is 4.78. The Bertz CT molecular complexity index is 1550. The molecule has 2 aromatic carbocycles. The fourth-order valence-corrected chi connectivity index (χ4v) is 6.15. The van der Waals surface area contributed by atoms with Crippen LogP contribution in [-0.4, -0.2) is 72.2 Å². The molecule has 47 heavy (non-hydrogen) atoms. The van der Waals surface area contributed by atoms with Crippen LogP contribution in [0.2, 0.25) is 0 Å². The minimum atomic E-state index is -4.46. The zero-order valence-electron chi connectivity index (χ0n) is 26.4. The first-order chi connectivity index (χ1) is 22.7. The molecule has 252 valence electrons. The van der Waals surface area contributed by atoms with Gasteiger partial charge in [-0.1, -0.05) is 6.07 Å². The predicted molar refractivity (Wildman–Crippen MR) is 167 cm³/mol. The van der Waals surface area contributed by atoms with E-state index in [1.54, 1.807) is 36.7 Å². The van der Waals surface area contributed by atoms with Gasteiger partial charge in [0, 0.05) is 57.1 Å². The smallest absolute Gasteiger partial charge is 0.416 e. The lowest BCUT2D eigenvalue weighted by Crippen LogP contribution is -2.46. The summed E-state index contributed by atoms with van der Waals surface area (Å²) in [6.07, 6.45) is 2.87. The number of likely N-dealkylation sites (N-methyl/N-ethyl adjacent to an activating group) is 1. The van der Waals surface area contributed by atoms with E-state index < -0.39 is 17.8 Å². The van der Waals surface area contributed by atoms with Crippen LogP contribution in [0.4, 0.5) is 13.2 Å². The first-order valence-electron chi connectivity index (χ1n) is 15.9. The van der Waals surface area contributed by atoms with Gasteiger partial charge in [-0.25, -0.2) is 4.68 Å². The molecule has 2 amide bonds. The fraction of sp³-hybridized carbons (Fsp3) is 0.471. The van der Waals surface area contributed by atoms with Gasteiger partial charge < -0.3 is 29.8 Å². The lowest BCUT2D eigenvalue weighted by Gasteiger charge is -2.25. The van der Waals surface area contributed by atoms with Gasteiger partial charge in [0.1, 0.15) is 18.1 Å². The van der Waals surface area contributed by atoms with Gasteiger partial charge in [0.15, 0.2) is 0 Å². The van der Waals surface area contributed by atoms with Crippen molar-refractivity contribution in [3.63, 3.8) is 0 Å². The molecule has 0 bridgehead atoms. The first-order valence-corrected chi connectivity index (χ1v) is 15.9. The highest BCUT2D eigenvalue weighted by Crippen LogP contribution is 2.39. The van der Waals surface area contributed by atoms with Crippen LogP contribution in [0.5, 0.6) is 5.75 Å². The molecule has 1 atom stereocenters. The summed E-state index contributed by atoms with van der Waals surface area (Å²) in [5, 5.41) is 10.2. The average molecular weight is 656 g/mol. The van der Waals surface area contributed by atoms with Gasteiger partial charge >= 0.3 is 6.18 Å². The normalized spacial score (nSPS) is 15.8. The number of aldehydes is 1. The highest BCUT2D eigenvalue weighted by molar-refractivity contribution is 6.01. The van der Waals surface area contributed by atoms with Crippen molar-refractivity contribution < 1.29 is 37.0 Å². The number of rotatable bonds is 15. The lowest BCUT2D eigenvalue weighted by molar-refractivity contribution is -0.138. The Labute approximate surface area is 271 Å². The number of nitrogens with one attached hydrogen (secondary N) is 2. The molecule has 1 fully saturated rings. The van der Waals surface area contributed by atoms with Crippen molar-refractivity contribution in [3.05, 3.63) is 76.6 Å². The summed E-state index contributed by atoms with van der Waals surface area (Å²) in [6, 6.07) is 9.01. The highest BCUT2D eigenvalue weighted by atomic mass is 19.4. The van der Waals surface area contributed by atoms with Gasteiger partial charge in [0.25, 0.3) is 5.91 Å². The van der Waals surface area contributed by atoms with Gasteiger partial charge in [-0.2, -0.15) is 18.3 Å². The SMILES string of the molecule is CNC(=O)C(CCC=O)N1Cc2cc(OCCCCNCc3cnn(-c4ccc(C5CCOCC5)c(C(F)(F)F)c4)c3)ccc2C1=O. The van der Waals surface area contributed by atoms with E-state index >= 15 is 0 Å². The average Bonchev–Trinajstić information content (AvgIpc) is 3.68. The number of carbonyl (C=O) groups excluding carboxylic acids is 3. The Hall–Kier alpha value is -4.23. The Morgan fingerprint density at radius 1 is 1.17 bits per heavy atom. The quantitative estimate of drug-likeness (QED) is 0.179. The molecule has 1 saturated heterocycles. The van der Waals surface area contributed by atoms with E-state index in [4.69, 9.17) is 9.47 Å². The number of hydrogen-bond donors (Lipinski definition) is 2. The van der Waals surface area contributed by atoms with Crippen LogP contribution >= 0.6 is 0 Å². The molecule has 2 N–H and O–H groups in total. The molecule has 1 unspecified atom stereocenters. The van der Waals surface area contributed by atoms with Gasteiger partial charge in [0.2, 0.25) is 5.91 Å². The van der Waals surface area contributed by atoms with Crippen LogP contribution in [0.25, 0.3) is 5.69 Å². The van der Waals surface area contributed by atoms with E-state index in [1.165, 1.54) is 22.7 Å². The summed E-state index contributed by atoms with van der Waals surface area (Å²) in [7, 11) is 1.51. The number of alkyl halides is 3. The van der Waals surface area contributed by atoms with Crippen molar-refractivity contribution in [1.82, 2.24) is 25.3 Å². The largest absolute Gasteiger partial charge is 0.494 e. The number of carbonyl (C=O) groups is 3. The second kappa shape index (κ2) is 15.6. The van der Waals surface area contributed by atoms with Crippen LogP contribution in [0.1, 0.15) is 77.1 Å². The third-order valence-electron chi connectivity index (χ3n) is 8.64.